The summed E-state index contributed by atoms with van der Waals surface area (Å²) in [6, 6.07) is 14.0. The maximum Gasteiger partial charge on any atom is 0.315 e. The highest BCUT2D eigenvalue weighted by atomic mass is 16.2. The standard InChI is InChI=1S/C17H21N3O/c1-14(16-7-3-2-4-8-16)9-11-19-17(21)20-13-15-6-5-10-18-12-15/h2-8,10,12,14H,9,11,13H2,1H3,(H2,19,20,21). The summed E-state index contributed by atoms with van der Waals surface area (Å²) in [4.78, 5) is 15.7. The Morgan fingerprint density at radius 1 is 1.14 bits per heavy atom. The van der Waals surface area contributed by atoms with Crippen LogP contribution in [0.3, 0.4) is 0 Å². The first-order valence-corrected chi connectivity index (χ1v) is 7.21. The molecular weight excluding hydrogens is 262 g/mol. The molecule has 21 heavy (non-hydrogen) atoms. The Hall–Kier alpha value is -2.36. The van der Waals surface area contributed by atoms with Gasteiger partial charge < -0.3 is 10.6 Å². The van der Waals surface area contributed by atoms with Crippen molar-refractivity contribution in [2.24, 2.45) is 0 Å². The number of aromatic nitrogens is 1. The van der Waals surface area contributed by atoms with Crippen molar-refractivity contribution in [3.05, 3.63) is 66.0 Å². The predicted molar refractivity (Wildman–Crippen MR) is 83.9 cm³/mol. The van der Waals surface area contributed by atoms with Gasteiger partial charge in [0, 0.05) is 25.5 Å². The van der Waals surface area contributed by atoms with Crippen molar-refractivity contribution in [2.75, 3.05) is 6.54 Å². The van der Waals surface area contributed by atoms with Crippen LogP contribution in [-0.4, -0.2) is 17.6 Å². The number of carbonyl (C=O) groups excluding carboxylic acids is 1. The Morgan fingerprint density at radius 3 is 2.67 bits per heavy atom. The number of pyridine rings is 1. The summed E-state index contributed by atoms with van der Waals surface area (Å²) in [5.74, 6) is 0.435. The maximum absolute atomic E-state index is 11.7. The number of hydrogen-bond donors (Lipinski definition) is 2. The van der Waals surface area contributed by atoms with Gasteiger partial charge in [-0.15, -0.1) is 0 Å². The fourth-order valence-electron chi connectivity index (χ4n) is 2.10. The van der Waals surface area contributed by atoms with Crippen molar-refractivity contribution in [3.8, 4) is 0 Å². The molecule has 0 saturated carbocycles. The van der Waals surface area contributed by atoms with E-state index in [1.165, 1.54) is 5.56 Å². The molecule has 1 heterocycles. The first-order valence-electron chi connectivity index (χ1n) is 7.21. The number of hydrogen-bond acceptors (Lipinski definition) is 2. The summed E-state index contributed by atoms with van der Waals surface area (Å²) in [6.07, 6.45) is 4.39. The van der Waals surface area contributed by atoms with E-state index < -0.39 is 0 Å². The van der Waals surface area contributed by atoms with E-state index in [0.717, 1.165) is 12.0 Å². The van der Waals surface area contributed by atoms with Gasteiger partial charge in [-0.2, -0.15) is 0 Å². The molecule has 110 valence electrons. The monoisotopic (exact) mass is 283 g/mol. The number of rotatable bonds is 6. The lowest BCUT2D eigenvalue weighted by atomic mass is 9.98. The zero-order valence-corrected chi connectivity index (χ0v) is 12.3. The van der Waals surface area contributed by atoms with Crippen LogP contribution >= 0.6 is 0 Å². The molecule has 0 spiro atoms. The number of carbonyl (C=O) groups is 1. The van der Waals surface area contributed by atoms with Crippen LogP contribution in [0.1, 0.15) is 30.4 Å². The molecule has 0 aliphatic carbocycles. The third kappa shape index (κ3) is 5.26. The summed E-state index contributed by atoms with van der Waals surface area (Å²) >= 11 is 0. The van der Waals surface area contributed by atoms with Gasteiger partial charge in [0.15, 0.2) is 0 Å². The molecule has 0 bridgehead atoms. The van der Waals surface area contributed by atoms with Crippen LogP contribution < -0.4 is 10.6 Å². The third-order valence-corrected chi connectivity index (χ3v) is 3.41. The zero-order valence-electron chi connectivity index (χ0n) is 12.3. The molecule has 4 heteroatoms. The Morgan fingerprint density at radius 2 is 1.95 bits per heavy atom. The summed E-state index contributed by atoms with van der Waals surface area (Å²) in [5, 5.41) is 5.71. The Kier molecular flexibility index (Phi) is 5.76. The van der Waals surface area contributed by atoms with Gasteiger partial charge in [-0.25, -0.2) is 4.79 Å². The molecule has 0 radical (unpaired) electrons. The first-order chi connectivity index (χ1) is 10.3. The molecule has 1 aromatic heterocycles. The molecule has 1 aromatic carbocycles. The van der Waals surface area contributed by atoms with Gasteiger partial charge in [-0.3, -0.25) is 4.98 Å². The molecule has 0 fully saturated rings. The Balaban J connectivity index is 1.65. The summed E-state index contributed by atoms with van der Waals surface area (Å²) < 4.78 is 0. The minimum Gasteiger partial charge on any atom is -0.338 e. The average Bonchev–Trinajstić information content (AvgIpc) is 2.54. The van der Waals surface area contributed by atoms with Crippen LogP contribution in [0.15, 0.2) is 54.9 Å². The van der Waals surface area contributed by atoms with Crippen molar-refractivity contribution >= 4 is 6.03 Å². The van der Waals surface area contributed by atoms with E-state index in [4.69, 9.17) is 0 Å². The normalized spacial score (nSPS) is 11.7. The highest BCUT2D eigenvalue weighted by Crippen LogP contribution is 2.17. The summed E-state index contributed by atoms with van der Waals surface area (Å²) in [7, 11) is 0. The van der Waals surface area contributed by atoms with E-state index in [0.29, 0.717) is 19.0 Å². The van der Waals surface area contributed by atoms with Gasteiger partial charge in [-0.05, 0) is 29.5 Å². The fraction of sp³-hybridized carbons (Fsp3) is 0.294. The molecule has 4 nitrogen and oxygen atoms in total. The highest BCUT2D eigenvalue weighted by Gasteiger charge is 2.06. The van der Waals surface area contributed by atoms with Crippen LogP contribution in [0.2, 0.25) is 0 Å². The molecule has 2 N–H and O–H groups in total. The molecule has 2 amide bonds. The molecule has 0 saturated heterocycles. The van der Waals surface area contributed by atoms with Crippen LogP contribution in [0.4, 0.5) is 4.79 Å². The van der Waals surface area contributed by atoms with E-state index in [2.05, 4.69) is 34.7 Å². The van der Waals surface area contributed by atoms with Crippen LogP contribution in [0.5, 0.6) is 0 Å². The average molecular weight is 283 g/mol. The molecule has 0 aliphatic rings. The SMILES string of the molecule is CC(CCNC(=O)NCc1cccnc1)c1ccccc1. The van der Waals surface area contributed by atoms with E-state index in [1.54, 1.807) is 12.4 Å². The molecule has 1 atom stereocenters. The second-order valence-electron chi connectivity index (χ2n) is 5.07. The lowest BCUT2D eigenvalue weighted by Gasteiger charge is -2.13. The number of benzene rings is 1. The quantitative estimate of drug-likeness (QED) is 0.856. The van der Waals surface area contributed by atoms with E-state index in [9.17, 15) is 4.79 Å². The van der Waals surface area contributed by atoms with Gasteiger partial charge in [0.2, 0.25) is 0 Å². The minimum atomic E-state index is -0.140. The summed E-state index contributed by atoms with van der Waals surface area (Å²) in [5.41, 5.74) is 2.29. The van der Waals surface area contributed by atoms with Gasteiger partial charge in [-0.1, -0.05) is 43.3 Å². The molecule has 2 aromatic rings. The van der Waals surface area contributed by atoms with Crippen molar-refractivity contribution < 1.29 is 4.79 Å². The topological polar surface area (TPSA) is 54.0 Å². The van der Waals surface area contributed by atoms with E-state index in [1.807, 2.05) is 30.3 Å². The van der Waals surface area contributed by atoms with Crippen molar-refractivity contribution in [2.45, 2.75) is 25.8 Å². The predicted octanol–water partition coefficient (Wildman–Crippen LogP) is 3.07. The number of nitrogens with one attached hydrogen (secondary N) is 2. The van der Waals surface area contributed by atoms with Crippen molar-refractivity contribution in [1.29, 1.82) is 0 Å². The number of nitrogens with zero attached hydrogens (tertiary/aromatic N) is 1. The smallest absolute Gasteiger partial charge is 0.315 e. The van der Waals surface area contributed by atoms with Gasteiger partial charge in [0.1, 0.15) is 0 Å². The molecular formula is C17H21N3O. The van der Waals surface area contributed by atoms with Crippen LogP contribution in [0, 0.1) is 0 Å². The third-order valence-electron chi connectivity index (χ3n) is 3.41. The van der Waals surface area contributed by atoms with Crippen LogP contribution in [0.25, 0.3) is 0 Å². The zero-order chi connectivity index (χ0) is 14.9. The Labute approximate surface area is 125 Å². The second-order valence-corrected chi connectivity index (χ2v) is 5.07. The van der Waals surface area contributed by atoms with E-state index in [-0.39, 0.29) is 6.03 Å². The number of urea groups is 1. The van der Waals surface area contributed by atoms with E-state index >= 15 is 0 Å². The maximum atomic E-state index is 11.7. The van der Waals surface area contributed by atoms with Crippen LogP contribution in [-0.2, 0) is 6.54 Å². The summed E-state index contributed by atoms with van der Waals surface area (Å²) in [6.45, 7) is 3.33. The molecule has 0 aliphatic heterocycles. The fourth-order valence-corrected chi connectivity index (χ4v) is 2.10. The van der Waals surface area contributed by atoms with Crippen molar-refractivity contribution in [1.82, 2.24) is 15.6 Å². The van der Waals surface area contributed by atoms with Crippen molar-refractivity contribution in [3.63, 3.8) is 0 Å². The lowest BCUT2D eigenvalue weighted by molar-refractivity contribution is 0.240. The largest absolute Gasteiger partial charge is 0.338 e. The van der Waals surface area contributed by atoms with Gasteiger partial charge in [0.05, 0.1) is 0 Å². The lowest BCUT2D eigenvalue weighted by Crippen LogP contribution is -2.35. The first kappa shape index (κ1) is 15.0. The second kappa shape index (κ2) is 8.04. The van der Waals surface area contributed by atoms with Gasteiger partial charge in [0.25, 0.3) is 0 Å². The minimum absolute atomic E-state index is 0.140. The Bertz CT molecular complexity index is 542. The molecule has 1 unspecified atom stereocenters. The van der Waals surface area contributed by atoms with Gasteiger partial charge >= 0.3 is 6.03 Å². The molecule has 2 rings (SSSR count). The number of amides is 2. The highest BCUT2D eigenvalue weighted by molar-refractivity contribution is 5.73.